The van der Waals surface area contributed by atoms with Crippen molar-refractivity contribution in [2.75, 3.05) is 13.7 Å². The van der Waals surface area contributed by atoms with Gasteiger partial charge in [-0.1, -0.05) is 18.5 Å². The number of carbonyl (C=O) groups is 1. The standard InChI is InChI=1S/C30H41ClN2O3/c1-28(35)12-13-30(18-36-3)20(15-28)4-6-22-23-7-8-25(29(23,2)11-10-24(22)30)27(34)17-33-16-19-14-21(31)5-9-26(19)32-33/h5,9,14,16,20,22-25,35H,4,6-8,10-13,15,17-18H2,1-3H3/t20-,22-,23-,24-,25+,28+,29?,30+/m0/s1. The van der Waals surface area contributed by atoms with Crippen LogP contribution in [0.1, 0.15) is 71.6 Å². The van der Waals surface area contributed by atoms with Gasteiger partial charge in [-0.3, -0.25) is 9.48 Å². The number of ketones is 1. The van der Waals surface area contributed by atoms with E-state index >= 15 is 0 Å². The highest BCUT2D eigenvalue weighted by atomic mass is 35.5. The third-order valence-corrected chi connectivity index (χ3v) is 11.5. The average Bonchev–Trinajstić information content (AvgIpc) is 3.38. The van der Waals surface area contributed by atoms with Gasteiger partial charge in [-0.05, 0) is 117 Å². The van der Waals surface area contributed by atoms with Crippen LogP contribution in [0.4, 0.5) is 0 Å². The molecule has 8 atom stereocenters. The summed E-state index contributed by atoms with van der Waals surface area (Å²) < 4.78 is 7.72. The van der Waals surface area contributed by atoms with Crippen molar-refractivity contribution in [1.82, 2.24) is 9.78 Å². The summed E-state index contributed by atoms with van der Waals surface area (Å²) in [6, 6.07) is 5.68. The quantitative estimate of drug-likeness (QED) is 0.511. The molecule has 36 heavy (non-hydrogen) atoms. The Kier molecular flexibility index (Phi) is 6.09. The molecule has 5 nitrogen and oxygen atoms in total. The molecule has 0 spiro atoms. The first-order valence-electron chi connectivity index (χ1n) is 14.0. The molecule has 0 radical (unpaired) electrons. The number of rotatable bonds is 5. The molecule has 0 amide bonds. The van der Waals surface area contributed by atoms with Crippen LogP contribution in [0.25, 0.3) is 10.9 Å². The number of carbonyl (C=O) groups excluding carboxylic acids is 1. The number of methoxy groups -OCH3 is 1. The lowest BCUT2D eigenvalue weighted by Crippen LogP contribution is -2.58. The van der Waals surface area contributed by atoms with Crippen LogP contribution >= 0.6 is 11.6 Å². The molecule has 2 aromatic rings. The molecule has 1 aromatic carbocycles. The van der Waals surface area contributed by atoms with Gasteiger partial charge in [0.25, 0.3) is 0 Å². The molecule has 6 heteroatoms. The summed E-state index contributed by atoms with van der Waals surface area (Å²) >= 11 is 6.15. The van der Waals surface area contributed by atoms with E-state index in [0.29, 0.717) is 41.0 Å². The zero-order valence-corrected chi connectivity index (χ0v) is 22.8. The lowest BCUT2D eigenvalue weighted by molar-refractivity contribution is -0.175. The fourth-order valence-corrected chi connectivity index (χ4v) is 9.89. The Balaban J connectivity index is 1.22. The van der Waals surface area contributed by atoms with E-state index in [4.69, 9.17) is 16.3 Å². The van der Waals surface area contributed by atoms with E-state index in [9.17, 15) is 9.90 Å². The van der Waals surface area contributed by atoms with Crippen LogP contribution in [-0.2, 0) is 16.1 Å². The van der Waals surface area contributed by atoms with Gasteiger partial charge in [0, 0.05) is 29.6 Å². The van der Waals surface area contributed by atoms with Crippen LogP contribution in [0.2, 0.25) is 5.02 Å². The van der Waals surface area contributed by atoms with E-state index in [0.717, 1.165) is 56.0 Å². The fourth-order valence-electron chi connectivity index (χ4n) is 9.71. The fraction of sp³-hybridized carbons (Fsp3) is 0.733. The maximum Gasteiger partial charge on any atom is 0.157 e. The van der Waals surface area contributed by atoms with Gasteiger partial charge in [-0.15, -0.1) is 0 Å². The van der Waals surface area contributed by atoms with Crippen molar-refractivity contribution in [1.29, 1.82) is 0 Å². The third-order valence-electron chi connectivity index (χ3n) is 11.3. The van der Waals surface area contributed by atoms with Crippen molar-refractivity contribution in [2.45, 2.75) is 83.8 Å². The van der Waals surface area contributed by atoms with Gasteiger partial charge in [-0.2, -0.15) is 5.10 Å². The van der Waals surface area contributed by atoms with Gasteiger partial charge in [0.15, 0.2) is 5.78 Å². The van der Waals surface area contributed by atoms with Crippen molar-refractivity contribution in [2.24, 2.45) is 40.4 Å². The van der Waals surface area contributed by atoms with E-state index < -0.39 is 5.60 Å². The second-order valence-electron chi connectivity index (χ2n) is 13.2. The van der Waals surface area contributed by atoms with Crippen molar-refractivity contribution < 1.29 is 14.6 Å². The Morgan fingerprint density at radius 2 is 1.97 bits per heavy atom. The van der Waals surface area contributed by atoms with Crippen molar-refractivity contribution in [3.05, 3.63) is 29.4 Å². The molecular formula is C30H41ClN2O3. The molecule has 1 unspecified atom stereocenters. The molecule has 1 heterocycles. The Morgan fingerprint density at radius 1 is 1.14 bits per heavy atom. The Labute approximate surface area is 219 Å². The van der Waals surface area contributed by atoms with E-state index in [2.05, 4.69) is 12.0 Å². The summed E-state index contributed by atoms with van der Waals surface area (Å²) in [6.07, 6.45) is 11.7. The van der Waals surface area contributed by atoms with Gasteiger partial charge in [0.2, 0.25) is 0 Å². The number of ether oxygens (including phenoxy) is 1. The van der Waals surface area contributed by atoms with Crippen LogP contribution in [0.15, 0.2) is 24.4 Å². The molecule has 4 aliphatic carbocycles. The lowest BCUT2D eigenvalue weighted by atomic mass is 9.43. The first-order chi connectivity index (χ1) is 17.1. The summed E-state index contributed by atoms with van der Waals surface area (Å²) in [6.45, 7) is 5.61. The molecular weight excluding hydrogens is 472 g/mol. The highest BCUT2D eigenvalue weighted by Crippen LogP contribution is 2.68. The molecule has 0 saturated heterocycles. The van der Waals surface area contributed by atoms with Gasteiger partial charge in [0.05, 0.1) is 24.3 Å². The minimum absolute atomic E-state index is 0.0788. The minimum atomic E-state index is -0.536. The summed E-state index contributed by atoms with van der Waals surface area (Å²) in [5, 5.41) is 17.2. The van der Waals surface area contributed by atoms with Crippen LogP contribution in [0, 0.1) is 40.4 Å². The van der Waals surface area contributed by atoms with Crippen molar-refractivity contribution in [3.63, 3.8) is 0 Å². The molecule has 4 aliphatic rings. The highest BCUT2D eigenvalue weighted by Gasteiger charge is 2.63. The van der Waals surface area contributed by atoms with Gasteiger partial charge >= 0.3 is 0 Å². The first-order valence-corrected chi connectivity index (χ1v) is 14.4. The van der Waals surface area contributed by atoms with Crippen LogP contribution in [0.5, 0.6) is 0 Å². The average molecular weight is 513 g/mol. The number of nitrogens with zero attached hydrogens (tertiary/aromatic N) is 2. The number of aliphatic hydroxyl groups is 1. The second kappa shape index (κ2) is 8.81. The molecule has 0 aliphatic heterocycles. The number of aromatic nitrogens is 2. The number of fused-ring (bicyclic) bond motifs is 6. The van der Waals surface area contributed by atoms with Crippen molar-refractivity contribution in [3.8, 4) is 0 Å². The van der Waals surface area contributed by atoms with Crippen LogP contribution in [-0.4, -0.2) is 40.0 Å². The molecule has 6 rings (SSSR count). The molecule has 4 fully saturated rings. The number of benzene rings is 1. The molecule has 0 bridgehead atoms. The van der Waals surface area contributed by atoms with Gasteiger partial charge in [0.1, 0.15) is 0 Å². The van der Waals surface area contributed by atoms with E-state index in [1.807, 2.05) is 43.1 Å². The molecule has 1 N–H and O–H groups in total. The van der Waals surface area contributed by atoms with E-state index in [1.54, 1.807) is 0 Å². The largest absolute Gasteiger partial charge is 0.390 e. The number of hydrogen-bond donors (Lipinski definition) is 1. The molecule has 196 valence electrons. The van der Waals surface area contributed by atoms with Gasteiger partial charge in [-0.25, -0.2) is 0 Å². The maximum atomic E-state index is 13.7. The molecule has 4 saturated carbocycles. The Morgan fingerprint density at radius 3 is 2.78 bits per heavy atom. The Hall–Kier alpha value is -1.43. The number of Topliss-reactive ketones (excluding diaryl/α,β-unsaturated/α-hetero) is 1. The first kappa shape index (κ1) is 24.9. The predicted octanol–water partition coefficient (Wildman–Crippen LogP) is 6.30. The van der Waals surface area contributed by atoms with Gasteiger partial charge < -0.3 is 9.84 Å². The topological polar surface area (TPSA) is 64.3 Å². The minimum Gasteiger partial charge on any atom is -0.390 e. The normalized spacial score (nSPS) is 42.1. The zero-order chi connectivity index (χ0) is 25.3. The predicted molar refractivity (Wildman–Crippen MR) is 142 cm³/mol. The van der Waals surface area contributed by atoms with E-state index in [1.165, 1.54) is 19.3 Å². The SMILES string of the molecule is COC[C@]12CC[C@@](C)(O)C[C@@H]1CC[C@H]1[C@@H]3CC[C@H](C(=O)Cn4cc5cc(Cl)ccc5n4)C3(C)CC[C@@H]12. The summed E-state index contributed by atoms with van der Waals surface area (Å²) in [4.78, 5) is 13.7. The summed E-state index contributed by atoms with van der Waals surface area (Å²) in [7, 11) is 1.85. The number of halogens is 1. The van der Waals surface area contributed by atoms with Crippen LogP contribution in [0.3, 0.4) is 0 Å². The highest BCUT2D eigenvalue weighted by molar-refractivity contribution is 6.31. The maximum absolute atomic E-state index is 13.7. The zero-order valence-electron chi connectivity index (χ0n) is 22.0. The van der Waals surface area contributed by atoms with E-state index in [-0.39, 0.29) is 16.7 Å². The monoisotopic (exact) mass is 512 g/mol. The molecule has 1 aromatic heterocycles. The smallest absolute Gasteiger partial charge is 0.157 e. The summed E-state index contributed by atoms with van der Waals surface area (Å²) in [5.74, 6) is 2.94. The number of hydrogen-bond acceptors (Lipinski definition) is 4. The second-order valence-corrected chi connectivity index (χ2v) is 13.6. The summed E-state index contributed by atoms with van der Waals surface area (Å²) in [5.41, 5.74) is 0.621. The Bertz CT molecular complexity index is 1160. The van der Waals surface area contributed by atoms with Crippen molar-refractivity contribution >= 4 is 28.3 Å². The third kappa shape index (κ3) is 3.87. The lowest BCUT2D eigenvalue weighted by Gasteiger charge is -2.62. The van der Waals surface area contributed by atoms with Crippen LogP contribution < -0.4 is 0 Å².